The van der Waals surface area contributed by atoms with Crippen molar-refractivity contribution in [2.45, 2.75) is 25.4 Å². The summed E-state index contributed by atoms with van der Waals surface area (Å²) in [7, 11) is 0. The van der Waals surface area contributed by atoms with Gasteiger partial charge >= 0.3 is 0 Å². The molecule has 22 heavy (non-hydrogen) atoms. The molecule has 1 N–H and O–H groups in total. The number of likely N-dealkylation sites (tertiary alicyclic amines) is 1. The van der Waals surface area contributed by atoms with Gasteiger partial charge in [0, 0.05) is 25.7 Å². The standard InChI is InChI=1S/C17H21N5/c1-2-4-14(5-3-1)11-21-8-6-15(7-9-21)22-13-20-17-16(22)10-18-12-19-17/h1-5,10,12,15H,6-9,11,13H2,(H,18,19,20). The highest BCUT2D eigenvalue weighted by molar-refractivity contribution is 5.70. The third-order valence-corrected chi connectivity index (χ3v) is 4.67. The van der Waals surface area contributed by atoms with E-state index in [-0.39, 0.29) is 0 Å². The van der Waals surface area contributed by atoms with Gasteiger partial charge in [0.05, 0.1) is 12.9 Å². The van der Waals surface area contributed by atoms with Crippen LogP contribution < -0.4 is 10.2 Å². The number of nitrogens with zero attached hydrogens (tertiary/aromatic N) is 4. The van der Waals surface area contributed by atoms with Crippen LogP contribution in [-0.2, 0) is 6.54 Å². The maximum absolute atomic E-state index is 4.30. The normalized spacial score (nSPS) is 19.0. The molecule has 0 radical (unpaired) electrons. The minimum absolute atomic E-state index is 0.590. The van der Waals surface area contributed by atoms with Crippen molar-refractivity contribution in [3.8, 4) is 0 Å². The van der Waals surface area contributed by atoms with Crippen LogP contribution in [0.2, 0.25) is 0 Å². The van der Waals surface area contributed by atoms with E-state index in [0.717, 1.165) is 37.8 Å². The Kier molecular flexibility index (Phi) is 3.64. The van der Waals surface area contributed by atoms with Gasteiger partial charge in [-0.15, -0.1) is 0 Å². The molecule has 2 aromatic rings. The van der Waals surface area contributed by atoms with E-state index < -0.39 is 0 Å². The maximum atomic E-state index is 4.30. The first-order valence-corrected chi connectivity index (χ1v) is 7.97. The second-order valence-electron chi connectivity index (χ2n) is 6.05. The highest BCUT2D eigenvalue weighted by Crippen LogP contribution is 2.32. The van der Waals surface area contributed by atoms with Crippen LogP contribution in [0.1, 0.15) is 18.4 Å². The van der Waals surface area contributed by atoms with Crippen LogP contribution in [-0.4, -0.2) is 40.7 Å². The topological polar surface area (TPSA) is 44.3 Å². The van der Waals surface area contributed by atoms with Crippen LogP contribution >= 0.6 is 0 Å². The zero-order valence-electron chi connectivity index (χ0n) is 12.7. The fourth-order valence-corrected chi connectivity index (χ4v) is 3.47. The molecule has 1 aromatic carbocycles. The molecule has 2 aliphatic heterocycles. The van der Waals surface area contributed by atoms with Gasteiger partial charge in [0.2, 0.25) is 0 Å². The molecular weight excluding hydrogens is 274 g/mol. The summed E-state index contributed by atoms with van der Waals surface area (Å²) in [5, 5.41) is 3.36. The van der Waals surface area contributed by atoms with Gasteiger partial charge in [-0.05, 0) is 18.4 Å². The second kappa shape index (κ2) is 5.93. The lowest BCUT2D eigenvalue weighted by atomic mass is 10.0. The number of hydrogen-bond donors (Lipinski definition) is 1. The van der Waals surface area contributed by atoms with Crippen molar-refractivity contribution >= 4 is 11.5 Å². The molecule has 0 bridgehead atoms. The number of aromatic nitrogens is 2. The van der Waals surface area contributed by atoms with E-state index >= 15 is 0 Å². The third kappa shape index (κ3) is 2.64. The summed E-state index contributed by atoms with van der Waals surface area (Å²) in [6.07, 6.45) is 5.93. The van der Waals surface area contributed by atoms with E-state index in [1.165, 1.54) is 18.4 Å². The van der Waals surface area contributed by atoms with Crippen LogP contribution in [0.15, 0.2) is 42.9 Å². The van der Waals surface area contributed by atoms with Crippen LogP contribution in [0.5, 0.6) is 0 Å². The first-order valence-electron chi connectivity index (χ1n) is 7.97. The molecule has 114 valence electrons. The molecule has 0 unspecified atom stereocenters. The fraction of sp³-hybridized carbons (Fsp3) is 0.412. The van der Waals surface area contributed by atoms with Gasteiger partial charge in [0.25, 0.3) is 0 Å². The van der Waals surface area contributed by atoms with E-state index in [9.17, 15) is 0 Å². The number of fused-ring (bicyclic) bond motifs is 1. The second-order valence-corrected chi connectivity index (χ2v) is 6.05. The minimum Gasteiger partial charge on any atom is -0.351 e. The van der Waals surface area contributed by atoms with Crippen molar-refractivity contribution in [1.82, 2.24) is 14.9 Å². The molecule has 4 rings (SSSR count). The Morgan fingerprint density at radius 1 is 1.14 bits per heavy atom. The summed E-state index contributed by atoms with van der Waals surface area (Å²) in [6, 6.07) is 11.3. The lowest BCUT2D eigenvalue weighted by molar-refractivity contribution is 0.202. The Morgan fingerprint density at radius 2 is 1.95 bits per heavy atom. The summed E-state index contributed by atoms with van der Waals surface area (Å²) in [4.78, 5) is 13.4. The smallest absolute Gasteiger partial charge is 0.154 e. The summed E-state index contributed by atoms with van der Waals surface area (Å²) < 4.78 is 0. The minimum atomic E-state index is 0.590. The summed E-state index contributed by atoms with van der Waals surface area (Å²) >= 11 is 0. The maximum Gasteiger partial charge on any atom is 0.154 e. The molecule has 3 heterocycles. The van der Waals surface area contributed by atoms with E-state index in [1.807, 2.05) is 6.20 Å². The van der Waals surface area contributed by atoms with E-state index in [1.54, 1.807) is 6.33 Å². The molecule has 5 nitrogen and oxygen atoms in total. The molecule has 1 fully saturated rings. The van der Waals surface area contributed by atoms with Crippen molar-refractivity contribution < 1.29 is 0 Å². The van der Waals surface area contributed by atoms with Crippen molar-refractivity contribution in [3.05, 3.63) is 48.4 Å². The number of rotatable bonds is 3. The number of anilines is 2. The summed E-state index contributed by atoms with van der Waals surface area (Å²) in [5.74, 6) is 0.974. The van der Waals surface area contributed by atoms with E-state index in [0.29, 0.717) is 6.04 Å². The van der Waals surface area contributed by atoms with Crippen molar-refractivity contribution in [2.75, 3.05) is 30.0 Å². The number of benzene rings is 1. The average molecular weight is 295 g/mol. The Labute approximate surface area is 131 Å². The summed E-state index contributed by atoms with van der Waals surface area (Å²) in [6.45, 7) is 4.22. The van der Waals surface area contributed by atoms with Gasteiger partial charge in [0.1, 0.15) is 12.0 Å². The van der Waals surface area contributed by atoms with Crippen LogP contribution in [0, 0.1) is 0 Å². The largest absolute Gasteiger partial charge is 0.351 e. The zero-order valence-corrected chi connectivity index (χ0v) is 12.7. The first kappa shape index (κ1) is 13.5. The lowest BCUT2D eigenvalue weighted by Gasteiger charge is -2.37. The predicted molar refractivity (Wildman–Crippen MR) is 87.7 cm³/mol. The molecule has 0 aliphatic carbocycles. The number of hydrogen-bond acceptors (Lipinski definition) is 5. The van der Waals surface area contributed by atoms with Gasteiger partial charge in [-0.3, -0.25) is 4.90 Å². The highest BCUT2D eigenvalue weighted by Gasteiger charge is 2.29. The van der Waals surface area contributed by atoms with Gasteiger partial charge in [0.15, 0.2) is 5.82 Å². The number of nitrogens with one attached hydrogen (secondary N) is 1. The highest BCUT2D eigenvalue weighted by atomic mass is 15.3. The van der Waals surface area contributed by atoms with Crippen molar-refractivity contribution in [3.63, 3.8) is 0 Å². The molecule has 0 atom stereocenters. The van der Waals surface area contributed by atoms with Crippen molar-refractivity contribution in [1.29, 1.82) is 0 Å². The van der Waals surface area contributed by atoms with Crippen LogP contribution in [0.3, 0.4) is 0 Å². The molecule has 1 saturated heterocycles. The lowest BCUT2D eigenvalue weighted by Crippen LogP contribution is -2.44. The molecule has 0 spiro atoms. The Balaban J connectivity index is 1.37. The van der Waals surface area contributed by atoms with Gasteiger partial charge in [-0.1, -0.05) is 30.3 Å². The molecule has 0 amide bonds. The zero-order chi connectivity index (χ0) is 14.8. The molecular formula is C17H21N5. The fourth-order valence-electron chi connectivity index (χ4n) is 3.47. The van der Waals surface area contributed by atoms with Gasteiger partial charge in [-0.25, -0.2) is 9.97 Å². The Hall–Kier alpha value is -2.14. The average Bonchev–Trinajstić information content (AvgIpc) is 3.01. The monoisotopic (exact) mass is 295 g/mol. The Morgan fingerprint density at radius 3 is 2.77 bits per heavy atom. The van der Waals surface area contributed by atoms with Gasteiger partial charge in [-0.2, -0.15) is 0 Å². The van der Waals surface area contributed by atoms with Crippen LogP contribution in [0.25, 0.3) is 0 Å². The van der Waals surface area contributed by atoms with E-state index in [2.05, 4.69) is 55.4 Å². The van der Waals surface area contributed by atoms with Crippen molar-refractivity contribution in [2.24, 2.45) is 0 Å². The molecule has 1 aromatic heterocycles. The molecule has 5 heteroatoms. The Bertz CT molecular complexity index is 622. The van der Waals surface area contributed by atoms with Crippen LogP contribution in [0.4, 0.5) is 11.5 Å². The summed E-state index contributed by atoms with van der Waals surface area (Å²) in [5.41, 5.74) is 2.56. The molecule has 0 saturated carbocycles. The quantitative estimate of drug-likeness (QED) is 0.941. The SMILES string of the molecule is c1ccc(CN2CCC(N3CNc4ncncc43)CC2)cc1. The predicted octanol–water partition coefficient (Wildman–Crippen LogP) is 2.33. The molecule has 2 aliphatic rings. The third-order valence-electron chi connectivity index (χ3n) is 4.67. The number of piperidine rings is 1. The van der Waals surface area contributed by atoms with E-state index in [4.69, 9.17) is 0 Å². The first-order chi connectivity index (χ1) is 10.9. The van der Waals surface area contributed by atoms with Gasteiger partial charge < -0.3 is 10.2 Å².